The number of pyridine rings is 1. The van der Waals surface area contributed by atoms with Gasteiger partial charge in [0.1, 0.15) is 0 Å². The number of rotatable bonds is 5. The summed E-state index contributed by atoms with van der Waals surface area (Å²) in [6.07, 6.45) is 7.94. The minimum absolute atomic E-state index is 0.950. The summed E-state index contributed by atoms with van der Waals surface area (Å²) in [4.78, 5) is 6.72. The number of benzene rings is 1. The van der Waals surface area contributed by atoms with Gasteiger partial charge in [-0.25, -0.2) is 0 Å². The van der Waals surface area contributed by atoms with E-state index in [0.29, 0.717) is 0 Å². The van der Waals surface area contributed by atoms with Crippen LogP contribution in [0.1, 0.15) is 24.8 Å². The van der Waals surface area contributed by atoms with Crippen molar-refractivity contribution in [2.75, 3.05) is 26.2 Å². The third-order valence-corrected chi connectivity index (χ3v) is 4.09. The average Bonchev–Trinajstić information content (AvgIpc) is 2.52. The van der Waals surface area contributed by atoms with Crippen molar-refractivity contribution in [2.24, 2.45) is 0 Å². The van der Waals surface area contributed by atoms with E-state index in [1.165, 1.54) is 55.2 Å². The predicted octanol–water partition coefficient (Wildman–Crippen LogP) is 2.81. The molecule has 0 aliphatic carbocycles. The normalized spacial score (nSPS) is 16.6. The predicted molar refractivity (Wildman–Crippen MR) is 83.7 cm³/mol. The van der Waals surface area contributed by atoms with Crippen molar-refractivity contribution in [2.45, 2.75) is 25.8 Å². The van der Waals surface area contributed by atoms with Gasteiger partial charge in [-0.05, 0) is 49.0 Å². The van der Waals surface area contributed by atoms with Crippen LogP contribution in [-0.4, -0.2) is 36.1 Å². The molecule has 1 saturated heterocycles. The van der Waals surface area contributed by atoms with Crippen LogP contribution in [0.25, 0.3) is 10.8 Å². The van der Waals surface area contributed by atoms with Gasteiger partial charge >= 0.3 is 0 Å². The van der Waals surface area contributed by atoms with E-state index in [9.17, 15) is 0 Å². The fourth-order valence-corrected chi connectivity index (χ4v) is 2.90. The number of nitrogens with zero attached hydrogens (tertiary/aromatic N) is 2. The number of aromatic nitrogens is 1. The molecule has 0 bridgehead atoms. The summed E-state index contributed by atoms with van der Waals surface area (Å²) in [7, 11) is 0. The molecule has 0 spiro atoms. The largest absolute Gasteiger partial charge is 0.311 e. The molecule has 3 heteroatoms. The average molecular weight is 269 g/mol. The van der Waals surface area contributed by atoms with Crippen LogP contribution in [0, 0.1) is 0 Å². The Morgan fingerprint density at radius 3 is 2.85 bits per heavy atom. The highest BCUT2D eigenvalue weighted by Gasteiger charge is 2.08. The SMILES string of the molecule is c1cc2cc(CNCCN3CCCCC3)ccc2cn1. The number of hydrogen-bond donors (Lipinski definition) is 1. The van der Waals surface area contributed by atoms with Gasteiger partial charge in [0, 0.05) is 37.4 Å². The van der Waals surface area contributed by atoms with Crippen molar-refractivity contribution in [1.82, 2.24) is 15.2 Å². The highest BCUT2D eigenvalue weighted by molar-refractivity contribution is 5.81. The minimum atomic E-state index is 0.950. The summed E-state index contributed by atoms with van der Waals surface area (Å²) >= 11 is 0. The van der Waals surface area contributed by atoms with Crippen molar-refractivity contribution < 1.29 is 0 Å². The first kappa shape index (κ1) is 13.5. The first-order valence-electron chi connectivity index (χ1n) is 7.67. The van der Waals surface area contributed by atoms with E-state index >= 15 is 0 Å². The molecule has 0 atom stereocenters. The molecule has 0 radical (unpaired) electrons. The van der Waals surface area contributed by atoms with Crippen LogP contribution in [0.5, 0.6) is 0 Å². The van der Waals surface area contributed by atoms with Gasteiger partial charge in [0.25, 0.3) is 0 Å². The molecule has 2 aromatic rings. The molecule has 1 N–H and O–H groups in total. The lowest BCUT2D eigenvalue weighted by molar-refractivity contribution is 0.229. The second kappa shape index (κ2) is 6.82. The van der Waals surface area contributed by atoms with Crippen molar-refractivity contribution in [3.8, 4) is 0 Å². The second-order valence-corrected chi connectivity index (χ2v) is 5.64. The van der Waals surface area contributed by atoms with E-state index in [1.807, 2.05) is 12.4 Å². The second-order valence-electron chi connectivity index (χ2n) is 5.64. The van der Waals surface area contributed by atoms with Gasteiger partial charge in [-0.2, -0.15) is 0 Å². The highest BCUT2D eigenvalue weighted by Crippen LogP contribution is 2.14. The fourth-order valence-electron chi connectivity index (χ4n) is 2.90. The molecule has 1 aliphatic heterocycles. The molecule has 0 amide bonds. The number of fused-ring (bicyclic) bond motifs is 1. The number of nitrogens with one attached hydrogen (secondary N) is 1. The van der Waals surface area contributed by atoms with Crippen LogP contribution in [0.4, 0.5) is 0 Å². The van der Waals surface area contributed by atoms with E-state index < -0.39 is 0 Å². The highest BCUT2D eigenvalue weighted by atomic mass is 15.1. The maximum absolute atomic E-state index is 4.15. The van der Waals surface area contributed by atoms with E-state index in [4.69, 9.17) is 0 Å². The maximum Gasteiger partial charge on any atom is 0.0346 e. The molecular formula is C17H23N3. The molecule has 3 nitrogen and oxygen atoms in total. The maximum atomic E-state index is 4.15. The number of hydrogen-bond acceptors (Lipinski definition) is 3. The van der Waals surface area contributed by atoms with Gasteiger partial charge in [-0.3, -0.25) is 4.98 Å². The van der Waals surface area contributed by atoms with E-state index in [-0.39, 0.29) is 0 Å². The van der Waals surface area contributed by atoms with Crippen molar-refractivity contribution >= 4 is 10.8 Å². The quantitative estimate of drug-likeness (QED) is 0.846. The Bertz CT molecular complexity index is 547. The third kappa shape index (κ3) is 3.56. The molecule has 2 heterocycles. The van der Waals surface area contributed by atoms with Crippen LogP contribution in [0.15, 0.2) is 36.7 Å². The van der Waals surface area contributed by atoms with Crippen molar-refractivity contribution in [1.29, 1.82) is 0 Å². The smallest absolute Gasteiger partial charge is 0.0346 e. The molecule has 106 valence electrons. The van der Waals surface area contributed by atoms with Gasteiger partial charge < -0.3 is 10.2 Å². The fraction of sp³-hybridized carbons (Fsp3) is 0.471. The van der Waals surface area contributed by atoms with Crippen LogP contribution < -0.4 is 5.32 Å². The number of piperidine rings is 1. The van der Waals surface area contributed by atoms with Crippen LogP contribution in [-0.2, 0) is 6.54 Å². The Hall–Kier alpha value is -1.45. The molecule has 1 fully saturated rings. The zero-order chi connectivity index (χ0) is 13.6. The lowest BCUT2D eigenvalue weighted by Gasteiger charge is -2.26. The van der Waals surface area contributed by atoms with Gasteiger partial charge in [0.2, 0.25) is 0 Å². The summed E-state index contributed by atoms with van der Waals surface area (Å²) in [5.74, 6) is 0. The Labute approximate surface area is 121 Å². The summed E-state index contributed by atoms with van der Waals surface area (Å²) in [5, 5.41) is 6.04. The monoisotopic (exact) mass is 269 g/mol. The molecular weight excluding hydrogens is 246 g/mol. The number of likely N-dealkylation sites (tertiary alicyclic amines) is 1. The van der Waals surface area contributed by atoms with Gasteiger partial charge in [-0.15, -0.1) is 0 Å². The summed E-state index contributed by atoms with van der Waals surface area (Å²) < 4.78 is 0. The Morgan fingerprint density at radius 1 is 1.05 bits per heavy atom. The molecule has 0 unspecified atom stereocenters. The Kier molecular flexibility index (Phi) is 4.61. The van der Waals surface area contributed by atoms with E-state index in [2.05, 4.69) is 39.5 Å². The van der Waals surface area contributed by atoms with Gasteiger partial charge in [0.05, 0.1) is 0 Å². The van der Waals surface area contributed by atoms with E-state index in [0.717, 1.165) is 13.1 Å². The van der Waals surface area contributed by atoms with Gasteiger partial charge in [-0.1, -0.05) is 18.6 Å². The van der Waals surface area contributed by atoms with Crippen LogP contribution >= 0.6 is 0 Å². The zero-order valence-electron chi connectivity index (χ0n) is 12.0. The first-order chi connectivity index (χ1) is 9.92. The molecule has 1 aromatic heterocycles. The standard InChI is InChI=1S/C17H23N3/c1-2-9-20(10-3-1)11-8-19-13-15-4-5-17-14-18-7-6-16(17)12-15/h4-7,12,14,19H,1-3,8-11,13H2. The Balaban J connectivity index is 1.47. The first-order valence-corrected chi connectivity index (χ1v) is 7.67. The van der Waals surface area contributed by atoms with Crippen molar-refractivity contribution in [3.63, 3.8) is 0 Å². The minimum Gasteiger partial charge on any atom is -0.311 e. The molecule has 1 aromatic carbocycles. The van der Waals surface area contributed by atoms with Crippen molar-refractivity contribution in [3.05, 3.63) is 42.2 Å². The van der Waals surface area contributed by atoms with E-state index in [1.54, 1.807) is 0 Å². The zero-order valence-corrected chi connectivity index (χ0v) is 12.0. The summed E-state index contributed by atoms with van der Waals surface area (Å²) in [5.41, 5.74) is 1.35. The lowest BCUT2D eigenvalue weighted by Crippen LogP contribution is -2.35. The van der Waals surface area contributed by atoms with Crippen LogP contribution in [0.2, 0.25) is 0 Å². The molecule has 3 rings (SSSR count). The van der Waals surface area contributed by atoms with Gasteiger partial charge in [0.15, 0.2) is 0 Å². The third-order valence-electron chi connectivity index (χ3n) is 4.09. The molecule has 20 heavy (non-hydrogen) atoms. The molecule has 0 saturated carbocycles. The lowest BCUT2D eigenvalue weighted by atomic mass is 10.1. The molecule has 1 aliphatic rings. The van der Waals surface area contributed by atoms with Crippen LogP contribution in [0.3, 0.4) is 0 Å². The summed E-state index contributed by atoms with van der Waals surface area (Å²) in [6, 6.07) is 8.68. The Morgan fingerprint density at radius 2 is 1.95 bits per heavy atom. The summed E-state index contributed by atoms with van der Waals surface area (Å²) in [6.45, 7) is 5.77. The topological polar surface area (TPSA) is 28.2 Å².